The van der Waals surface area contributed by atoms with Crippen LogP contribution >= 0.6 is 34.2 Å². The molecule has 0 atom stereocenters. The van der Waals surface area contributed by atoms with E-state index in [1.165, 1.54) is 5.06 Å². The lowest BCUT2D eigenvalue weighted by Crippen LogP contribution is -2.26. The number of nitrogens with zero attached hydrogens (tertiary/aromatic N) is 1. The van der Waals surface area contributed by atoms with E-state index in [2.05, 4.69) is 22.6 Å². The molecule has 2 rings (SSSR count). The van der Waals surface area contributed by atoms with Crippen molar-refractivity contribution >= 4 is 40.1 Å². The minimum Gasteiger partial charge on any atom is -0.271 e. The number of rotatable bonds is 1. The molecule has 0 N–H and O–H groups in total. The molecule has 1 aromatic carbocycles. The number of amides is 1. The zero-order chi connectivity index (χ0) is 10.8. The topological polar surface area (TPSA) is 29.5 Å². The summed E-state index contributed by atoms with van der Waals surface area (Å²) in [7, 11) is 0. The van der Waals surface area contributed by atoms with Gasteiger partial charge in [-0.15, -0.1) is 0 Å². The van der Waals surface area contributed by atoms with Gasteiger partial charge in [0.1, 0.15) is 0 Å². The second-order valence-corrected chi connectivity index (χ2v) is 4.79. The van der Waals surface area contributed by atoms with Gasteiger partial charge in [0.15, 0.2) is 0 Å². The molecule has 0 spiro atoms. The third-order valence-corrected chi connectivity index (χ3v) is 3.72. The SMILES string of the molecule is O=C(c1ccc(I)c(Cl)c1)N1CCCO1. The van der Waals surface area contributed by atoms with Crippen LogP contribution in [0.2, 0.25) is 5.02 Å². The number of halogens is 2. The lowest BCUT2D eigenvalue weighted by atomic mass is 10.2. The van der Waals surface area contributed by atoms with Gasteiger partial charge in [-0.3, -0.25) is 9.63 Å². The first-order chi connectivity index (χ1) is 7.18. The number of carbonyl (C=O) groups is 1. The van der Waals surface area contributed by atoms with Gasteiger partial charge in [0.2, 0.25) is 0 Å². The minimum absolute atomic E-state index is 0.120. The van der Waals surface area contributed by atoms with E-state index in [9.17, 15) is 4.79 Å². The van der Waals surface area contributed by atoms with Crippen molar-refractivity contribution in [3.63, 3.8) is 0 Å². The molecule has 0 bridgehead atoms. The molecule has 15 heavy (non-hydrogen) atoms. The number of hydroxylamine groups is 2. The van der Waals surface area contributed by atoms with Gasteiger partial charge in [-0.1, -0.05) is 11.6 Å². The summed E-state index contributed by atoms with van der Waals surface area (Å²) in [5.41, 5.74) is 0.572. The molecular formula is C10H9ClINO2. The monoisotopic (exact) mass is 337 g/mol. The largest absolute Gasteiger partial charge is 0.277 e. The zero-order valence-corrected chi connectivity index (χ0v) is 10.8. The number of benzene rings is 1. The Morgan fingerprint density at radius 3 is 2.93 bits per heavy atom. The Balaban J connectivity index is 2.21. The molecule has 0 saturated carbocycles. The van der Waals surface area contributed by atoms with Crippen molar-refractivity contribution in [2.45, 2.75) is 6.42 Å². The molecular weight excluding hydrogens is 328 g/mol. The fraction of sp³-hybridized carbons (Fsp3) is 0.300. The molecule has 80 valence electrons. The van der Waals surface area contributed by atoms with Crippen molar-refractivity contribution in [3.05, 3.63) is 32.4 Å². The molecule has 3 nitrogen and oxygen atoms in total. The molecule has 5 heteroatoms. The standard InChI is InChI=1S/C10H9ClINO2/c11-8-6-7(2-3-9(8)12)10(14)13-4-1-5-15-13/h2-3,6H,1,4-5H2. The molecule has 1 aromatic rings. The van der Waals surface area contributed by atoms with E-state index in [0.717, 1.165) is 9.99 Å². The van der Waals surface area contributed by atoms with Crippen LogP contribution in [0.15, 0.2) is 18.2 Å². The molecule has 1 aliphatic rings. The highest BCUT2D eigenvalue weighted by molar-refractivity contribution is 14.1. The Hall–Kier alpha value is -0.330. The van der Waals surface area contributed by atoms with Crippen LogP contribution < -0.4 is 0 Å². The minimum atomic E-state index is -0.120. The van der Waals surface area contributed by atoms with Gasteiger partial charge in [0, 0.05) is 9.13 Å². The Labute approximate surface area is 106 Å². The van der Waals surface area contributed by atoms with E-state index < -0.39 is 0 Å². The lowest BCUT2D eigenvalue weighted by Gasteiger charge is -2.13. The second-order valence-electron chi connectivity index (χ2n) is 3.22. The van der Waals surface area contributed by atoms with Gasteiger partial charge in [0.25, 0.3) is 5.91 Å². The summed E-state index contributed by atoms with van der Waals surface area (Å²) >= 11 is 8.07. The maximum atomic E-state index is 11.9. The zero-order valence-electron chi connectivity index (χ0n) is 7.87. The van der Waals surface area contributed by atoms with Gasteiger partial charge >= 0.3 is 0 Å². The maximum Gasteiger partial charge on any atom is 0.277 e. The predicted octanol–water partition coefficient (Wildman–Crippen LogP) is 2.72. The van der Waals surface area contributed by atoms with Gasteiger partial charge in [-0.25, -0.2) is 5.06 Å². The molecule has 1 amide bonds. The summed E-state index contributed by atoms with van der Waals surface area (Å²) in [5.74, 6) is -0.120. The highest BCUT2D eigenvalue weighted by Gasteiger charge is 2.21. The van der Waals surface area contributed by atoms with Crippen molar-refractivity contribution in [3.8, 4) is 0 Å². The fourth-order valence-corrected chi connectivity index (χ4v) is 1.90. The predicted molar refractivity (Wildman–Crippen MR) is 65.8 cm³/mol. The van der Waals surface area contributed by atoms with Crippen LogP contribution in [0.4, 0.5) is 0 Å². The van der Waals surface area contributed by atoms with Crippen molar-refractivity contribution < 1.29 is 9.63 Å². The third kappa shape index (κ3) is 2.43. The molecule has 1 fully saturated rings. The third-order valence-electron chi connectivity index (χ3n) is 2.15. The molecule has 0 unspecified atom stereocenters. The first-order valence-corrected chi connectivity index (χ1v) is 6.04. The first kappa shape index (κ1) is 11.2. The molecule has 0 radical (unpaired) electrons. The highest BCUT2D eigenvalue weighted by atomic mass is 127. The average molecular weight is 338 g/mol. The smallest absolute Gasteiger partial charge is 0.271 e. The van der Waals surface area contributed by atoms with Crippen molar-refractivity contribution in [1.82, 2.24) is 5.06 Å². The number of carbonyl (C=O) groups excluding carboxylic acids is 1. The van der Waals surface area contributed by atoms with Crippen LogP contribution in [-0.2, 0) is 4.84 Å². The molecule has 0 aromatic heterocycles. The summed E-state index contributed by atoms with van der Waals surface area (Å²) in [5, 5.41) is 1.99. The Morgan fingerprint density at radius 1 is 1.53 bits per heavy atom. The molecule has 1 saturated heterocycles. The summed E-state index contributed by atoms with van der Waals surface area (Å²) in [6, 6.07) is 5.26. The van der Waals surface area contributed by atoms with Crippen molar-refractivity contribution in [2.75, 3.05) is 13.2 Å². The van der Waals surface area contributed by atoms with Crippen molar-refractivity contribution in [2.24, 2.45) is 0 Å². The Kier molecular flexibility index (Phi) is 3.48. The fourth-order valence-electron chi connectivity index (χ4n) is 1.38. The van der Waals surface area contributed by atoms with Crippen molar-refractivity contribution in [1.29, 1.82) is 0 Å². The van der Waals surface area contributed by atoms with Crippen LogP contribution in [0.1, 0.15) is 16.8 Å². The first-order valence-electron chi connectivity index (χ1n) is 4.58. The van der Waals surface area contributed by atoms with Gasteiger partial charge < -0.3 is 0 Å². The maximum absolute atomic E-state index is 11.9. The number of hydrogen-bond donors (Lipinski definition) is 0. The summed E-state index contributed by atoms with van der Waals surface area (Å²) < 4.78 is 0.938. The normalized spacial score (nSPS) is 15.7. The van der Waals surface area contributed by atoms with E-state index in [-0.39, 0.29) is 5.91 Å². The Bertz CT molecular complexity index is 391. The molecule has 0 aliphatic carbocycles. The van der Waals surface area contributed by atoms with Crippen LogP contribution in [0.5, 0.6) is 0 Å². The van der Waals surface area contributed by atoms with Gasteiger partial charge in [0.05, 0.1) is 18.2 Å². The summed E-state index contributed by atoms with van der Waals surface area (Å²) in [6.07, 6.45) is 0.893. The van der Waals surface area contributed by atoms with E-state index in [0.29, 0.717) is 23.7 Å². The van der Waals surface area contributed by atoms with E-state index in [4.69, 9.17) is 16.4 Å². The molecule has 1 heterocycles. The van der Waals surface area contributed by atoms with Gasteiger partial charge in [-0.2, -0.15) is 0 Å². The highest BCUT2D eigenvalue weighted by Crippen LogP contribution is 2.21. The Morgan fingerprint density at radius 2 is 2.33 bits per heavy atom. The van der Waals surface area contributed by atoms with E-state index in [1.807, 2.05) is 6.07 Å². The van der Waals surface area contributed by atoms with Crippen LogP contribution in [0, 0.1) is 3.57 Å². The molecule has 1 aliphatic heterocycles. The summed E-state index contributed by atoms with van der Waals surface area (Å²) in [6.45, 7) is 1.27. The van der Waals surface area contributed by atoms with Crippen LogP contribution in [0.25, 0.3) is 0 Å². The van der Waals surface area contributed by atoms with Crippen LogP contribution in [0.3, 0.4) is 0 Å². The lowest BCUT2D eigenvalue weighted by molar-refractivity contribution is -0.0768. The second kappa shape index (κ2) is 4.67. The van der Waals surface area contributed by atoms with E-state index >= 15 is 0 Å². The number of hydrogen-bond acceptors (Lipinski definition) is 2. The summed E-state index contributed by atoms with van der Waals surface area (Å²) in [4.78, 5) is 17.0. The van der Waals surface area contributed by atoms with Crippen LogP contribution in [-0.4, -0.2) is 24.1 Å². The van der Waals surface area contributed by atoms with E-state index in [1.54, 1.807) is 12.1 Å². The average Bonchev–Trinajstić information content (AvgIpc) is 2.74. The quantitative estimate of drug-likeness (QED) is 0.738. The van der Waals surface area contributed by atoms with Gasteiger partial charge in [-0.05, 0) is 47.2 Å².